The Morgan fingerprint density at radius 1 is 1.19 bits per heavy atom. The first-order valence-electron chi connectivity index (χ1n) is 10.00. The third-order valence-corrected chi connectivity index (χ3v) is 6.63. The third kappa shape index (κ3) is 4.71. The summed E-state index contributed by atoms with van der Waals surface area (Å²) in [5, 5.41) is 6.40. The van der Waals surface area contributed by atoms with Gasteiger partial charge < -0.3 is 15.6 Å². The molecule has 0 fully saturated rings. The number of thioether (sulfide) groups is 1. The number of benzene rings is 2. The summed E-state index contributed by atoms with van der Waals surface area (Å²) in [5.74, 6) is -1.11. The maximum absolute atomic E-state index is 13.0. The molecule has 0 saturated heterocycles. The molecule has 1 aromatic heterocycles. The summed E-state index contributed by atoms with van der Waals surface area (Å²) < 4.78 is 0. The van der Waals surface area contributed by atoms with E-state index in [9.17, 15) is 14.4 Å². The van der Waals surface area contributed by atoms with E-state index < -0.39 is 17.4 Å². The van der Waals surface area contributed by atoms with Gasteiger partial charge in [-0.05, 0) is 48.7 Å². The highest BCUT2D eigenvalue weighted by molar-refractivity contribution is 7.98. The van der Waals surface area contributed by atoms with Gasteiger partial charge >= 0.3 is 0 Å². The number of nitrogens with one attached hydrogen (secondary N) is 3. The van der Waals surface area contributed by atoms with Gasteiger partial charge in [0.1, 0.15) is 5.82 Å². The Balaban J connectivity index is 1.58. The molecule has 0 bridgehead atoms. The van der Waals surface area contributed by atoms with Crippen LogP contribution in [0.4, 0.5) is 11.5 Å². The number of aromatic amines is 1. The van der Waals surface area contributed by atoms with Crippen LogP contribution in [0.5, 0.6) is 0 Å². The molecule has 3 N–H and O–H groups in total. The standard InChI is InChI=1S/C23H21ClN4O3S/c1-12-7-8-15(9-13(12)2)25-21(30)16-10-18(29)26-20-19(16)22(31)28-23(27-20)32-11-14-5-3-4-6-17(14)24/h3-9,16H,10-11H2,1-2H3,(H,25,30)(H2,26,27,28,29,31)/t16-/m1/s1. The zero-order chi connectivity index (χ0) is 22.8. The van der Waals surface area contributed by atoms with Crippen molar-refractivity contribution in [1.29, 1.82) is 0 Å². The van der Waals surface area contributed by atoms with Crippen molar-refractivity contribution in [1.82, 2.24) is 9.97 Å². The van der Waals surface area contributed by atoms with Gasteiger partial charge in [-0.3, -0.25) is 14.4 Å². The van der Waals surface area contributed by atoms with Gasteiger partial charge in [0.25, 0.3) is 5.56 Å². The van der Waals surface area contributed by atoms with E-state index in [0.29, 0.717) is 21.6 Å². The van der Waals surface area contributed by atoms with E-state index in [4.69, 9.17) is 11.6 Å². The van der Waals surface area contributed by atoms with E-state index in [1.807, 2.05) is 44.2 Å². The number of rotatable bonds is 5. The fraction of sp³-hybridized carbons (Fsp3) is 0.217. The number of fused-ring (bicyclic) bond motifs is 1. The lowest BCUT2D eigenvalue weighted by atomic mass is 9.92. The Morgan fingerprint density at radius 2 is 1.97 bits per heavy atom. The van der Waals surface area contributed by atoms with E-state index in [2.05, 4.69) is 20.6 Å². The summed E-state index contributed by atoms with van der Waals surface area (Å²) >= 11 is 7.48. The zero-order valence-electron chi connectivity index (χ0n) is 17.5. The topological polar surface area (TPSA) is 104 Å². The molecule has 0 spiro atoms. The number of halogens is 1. The average molecular weight is 469 g/mol. The summed E-state index contributed by atoms with van der Waals surface area (Å²) in [4.78, 5) is 45.2. The first-order valence-corrected chi connectivity index (χ1v) is 11.4. The summed E-state index contributed by atoms with van der Waals surface area (Å²) in [7, 11) is 0. The van der Waals surface area contributed by atoms with Crippen molar-refractivity contribution in [3.63, 3.8) is 0 Å². The van der Waals surface area contributed by atoms with Gasteiger partial charge in [-0.25, -0.2) is 4.98 Å². The minimum atomic E-state index is -0.931. The van der Waals surface area contributed by atoms with Crippen LogP contribution in [0.3, 0.4) is 0 Å². The van der Waals surface area contributed by atoms with Gasteiger partial charge in [0.05, 0.1) is 11.5 Å². The van der Waals surface area contributed by atoms with Crippen LogP contribution in [0.1, 0.15) is 34.6 Å². The van der Waals surface area contributed by atoms with Crippen LogP contribution >= 0.6 is 23.4 Å². The number of anilines is 2. The molecule has 0 radical (unpaired) electrons. The van der Waals surface area contributed by atoms with E-state index >= 15 is 0 Å². The highest BCUT2D eigenvalue weighted by atomic mass is 35.5. The summed E-state index contributed by atoms with van der Waals surface area (Å²) in [5.41, 5.74) is 3.36. The second-order valence-corrected chi connectivity index (χ2v) is 8.98. The molecule has 0 unspecified atom stereocenters. The van der Waals surface area contributed by atoms with Crippen molar-refractivity contribution in [3.8, 4) is 0 Å². The number of aryl methyl sites for hydroxylation is 2. The summed E-state index contributed by atoms with van der Waals surface area (Å²) in [6.07, 6.45) is -0.124. The molecule has 32 heavy (non-hydrogen) atoms. The second-order valence-electron chi connectivity index (χ2n) is 7.61. The lowest BCUT2D eigenvalue weighted by Crippen LogP contribution is -2.36. The minimum Gasteiger partial charge on any atom is -0.326 e. The van der Waals surface area contributed by atoms with Crippen molar-refractivity contribution < 1.29 is 9.59 Å². The Labute approximate surface area is 194 Å². The molecule has 7 nitrogen and oxygen atoms in total. The van der Waals surface area contributed by atoms with Gasteiger partial charge in [0.2, 0.25) is 11.8 Å². The maximum Gasteiger partial charge on any atom is 0.257 e. The van der Waals surface area contributed by atoms with Gasteiger partial charge in [-0.1, -0.05) is 47.6 Å². The van der Waals surface area contributed by atoms with Crippen molar-refractivity contribution in [2.75, 3.05) is 10.6 Å². The van der Waals surface area contributed by atoms with Crippen LogP contribution in [-0.4, -0.2) is 21.8 Å². The van der Waals surface area contributed by atoms with Crippen LogP contribution < -0.4 is 16.2 Å². The number of hydrogen-bond donors (Lipinski definition) is 3. The normalized spacial score (nSPS) is 15.1. The Morgan fingerprint density at radius 3 is 2.72 bits per heavy atom. The molecular weight excluding hydrogens is 448 g/mol. The molecule has 0 saturated carbocycles. The third-order valence-electron chi connectivity index (χ3n) is 5.34. The first kappa shape index (κ1) is 22.1. The van der Waals surface area contributed by atoms with Gasteiger partial charge in [0.15, 0.2) is 5.16 Å². The van der Waals surface area contributed by atoms with Gasteiger partial charge in [0, 0.05) is 22.9 Å². The molecule has 3 aromatic rings. The lowest BCUT2D eigenvalue weighted by molar-refractivity contribution is -0.123. The monoisotopic (exact) mass is 468 g/mol. The molecule has 0 aliphatic carbocycles. The quantitative estimate of drug-likeness (QED) is 0.380. The number of aromatic nitrogens is 2. The molecule has 1 aliphatic rings. The summed E-state index contributed by atoms with van der Waals surface area (Å²) in [6.45, 7) is 3.93. The SMILES string of the molecule is Cc1ccc(NC(=O)[C@@H]2CC(=O)Nc3nc(SCc4ccccc4Cl)[nH]c(=O)c32)cc1C. The molecule has 4 rings (SSSR count). The Kier molecular flexibility index (Phi) is 6.34. The van der Waals surface area contributed by atoms with Gasteiger partial charge in [-0.15, -0.1) is 0 Å². The number of nitrogens with zero attached hydrogens (tertiary/aromatic N) is 1. The van der Waals surface area contributed by atoms with Crippen LogP contribution in [0, 0.1) is 13.8 Å². The highest BCUT2D eigenvalue weighted by Crippen LogP contribution is 2.31. The number of hydrogen-bond acceptors (Lipinski definition) is 5. The number of amides is 2. The fourth-order valence-corrected chi connectivity index (χ4v) is 4.60. The summed E-state index contributed by atoms with van der Waals surface area (Å²) in [6, 6.07) is 13.0. The fourth-order valence-electron chi connectivity index (χ4n) is 3.45. The molecule has 2 aromatic carbocycles. The van der Waals surface area contributed by atoms with Crippen molar-refractivity contribution in [3.05, 3.63) is 80.1 Å². The molecule has 9 heteroatoms. The van der Waals surface area contributed by atoms with Gasteiger partial charge in [-0.2, -0.15) is 0 Å². The number of H-pyrrole nitrogens is 1. The molecule has 2 amide bonds. The van der Waals surface area contributed by atoms with E-state index in [-0.39, 0.29) is 23.7 Å². The molecule has 1 aliphatic heterocycles. The number of carbonyl (C=O) groups excluding carboxylic acids is 2. The van der Waals surface area contributed by atoms with E-state index in [1.54, 1.807) is 12.1 Å². The Hall–Kier alpha value is -3.10. The molecule has 1 atom stereocenters. The molecular formula is C23H21ClN4O3S. The van der Waals surface area contributed by atoms with Crippen LogP contribution in [0.15, 0.2) is 52.4 Å². The highest BCUT2D eigenvalue weighted by Gasteiger charge is 2.34. The number of carbonyl (C=O) groups is 2. The second kappa shape index (κ2) is 9.18. The van der Waals surface area contributed by atoms with Crippen LogP contribution in [0.25, 0.3) is 0 Å². The average Bonchev–Trinajstić information content (AvgIpc) is 2.75. The van der Waals surface area contributed by atoms with Crippen molar-refractivity contribution in [2.45, 2.75) is 37.1 Å². The van der Waals surface area contributed by atoms with Crippen LogP contribution in [-0.2, 0) is 15.3 Å². The smallest absolute Gasteiger partial charge is 0.257 e. The minimum absolute atomic E-state index is 0.117. The van der Waals surface area contributed by atoms with Crippen molar-refractivity contribution >= 4 is 46.7 Å². The predicted octanol–water partition coefficient (Wildman–Crippen LogP) is 4.40. The molecule has 2 heterocycles. The lowest BCUT2D eigenvalue weighted by Gasteiger charge is -2.23. The van der Waals surface area contributed by atoms with E-state index in [1.165, 1.54) is 11.8 Å². The predicted molar refractivity (Wildman–Crippen MR) is 126 cm³/mol. The van der Waals surface area contributed by atoms with Crippen LogP contribution in [0.2, 0.25) is 5.02 Å². The Bertz CT molecular complexity index is 1270. The first-order chi connectivity index (χ1) is 15.3. The largest absolute Gasteiger partial charge is 0.326 e. The molecule has 164 valence electrons. The maximum atomic E-state index is 13.0. The zero-order valence-corrected chi connectivity index (χ0v) is 19.1. The van der Waals surface area contributed by atoms with E-state index in [0.717, 1.165) is 16.7 Å². The van der Waals surface area contributed by atoms with Crippen molar-refractivity contribution in [2.24, 2.45) is 0 Å².